The van der Waals surface area contributed by atoms with Crippen LogP contribution in [0.25, 0.3) is 21.5 Å². The maximum absolute atomic E-state index is 12.5. The van der Waals surface area contributed by atoms with E-state index in [1.54, 1.807) is 18.3 Å². The van der Waals surface area contributed by atoms with Crippen LogP contribution < -0.4 is 5.32 Å². The number of hydrogen-bond donors (Lipinski definition) is 1. The Morgan fingerprint density at radius 2 is 2.12 bits per heavy atom. The van der Waals surface area contributed by atoms with Crippen LogP contribution in [0.2, 0.25) is 5.02 Å². The van der Waals surface area contributed by atoms with Crippen molar-refractivity contribution in [1.29, 1.82) is 0 Å². The molecule has 0 aliphatic carbocycles. The molecule has 0 saturated carbocycles. The number of benzene rings is 1. The van der Waals surface area contributed by atoms with Gasteiger partial charge in [-0.3, -0.25) is 9.69 Å². The zero-order valence-corrected chi connectivity index (χ0v) is 20.7. The van der Waals surface area contributed by atoms with Gasteiger partial charge in [-0.1, -0.05) is 11.6 Å². The van der Waals surface area contributed by atoms with E-state index in [0.29, 0.717) is 24.6 Å². The van der Waals surface area contributed by atoms with E-state index in [1.807, 2.05) is 18.2 Å². The van der Waals surface area contributed by atoms with Gasteiger partial charge in [0.25, 0.3) is 0 Å². The molecule has 4 heterocycles. The molecule has 10 heteroatoms. The predicted molar refractivity (Wildman–Crippen MR) is 132 cm³/mol. The van der Waals surface area contributed by atoms with Gasteiger partial charge >= 0.3 is 6.03 Å². The minimum Gasteiger partial charge on any atom is -0.375 e. The van der Waals surface area contributed by atoms with E-state index in [-0.39, 0.29) is 24.6 Å². The van der Waals surface area contributed by atoms with Crippen LogP contribution in [-0.2, 0) is 22.5 Å². The Kier molecular flexibility index (Phi) is 6.52. The minimum atomic E-state index is -0.270. The van der Waals surface area contributed by atoms with Crippen LogP contribution in [0.3, 0.4) is 0 Å². The number of nitrogens with one attached hydrogen (secondary N) is 1. The van der Waals surface area contributed by atoms with Gasteiger partial charge in [0.2, 0.25) is 5.91 Å². The van der Waals surface area contributed by atoms with Gasteiger partial charge in [0.05, 0.1) is 35.2 Å². The maximum atomic E-state index is 12.5. The van der Waals surface area contributed by atoms with Crippen LogP contribution in [0.4, 0.5) is 4.79 Å². The van der Waals surface area contributed by atoms with E-state index in [1.165, 1.54) is 16.2 Å². The number of imide groups is 1. The number of urea groups is 1. The molecule has 2 saturated heterocycles. The topological polar surface area (TPSA) is 87.7 Å². The second kappa shape index (κ2) is 9.58. The van der Waals surface area contributed by atoms with Crippen LogP contribution in [0, 0.1) is 6.92 Å². The number of aromatic nitrogens is 2. The van der Waals surface area contributed by atoms with Gasteiger partial charge in [0.15, 0.2) is 0 Å². The first kappa shape index (κ1) is 23.2. The summed E-state index contributed by atoms with van der Waals surface area (Å²) in [5, 5.41) is 4.04. The van der Waals surface area contributed by atoms with Crippen LogP contribution in [0.1, 0.15) is 22.4 Å². The highest BCUT2D eigenvalue weighted by Crippen LogP contribution is 2.37. The quantitative estimate of drug-likeness (QED) is 0.576. The lowest BCUT2D eigenvalue weighted by atomic mass is 9.94. The number of amides is 3. The zero-order valence-electron chi connectivity index (χ0n) is 19.1. The second-order valence-electron chi connectivity index (χ2n) is 8.73. The molecule has 0 bridgehead atoms. The Balaban J connectivity index is 1.53. The molecule has 1 aromatic carbocycles. The van der Waals surface area contributed by atoms with E-state index in [4.69, 9.17) is 16.3 Å². The number of ether oxygens (including phenoxy) is 1. The Bertz CT molecular complexity index is 1260. The summed E-state index contributed by atoms with van der Waals surface area (Å²) in [6, 6.07) is 5.59. The van der Waals surface area contributed by atoms with Crippen molar-refractivity contribution >= 4 is 45.1 Å². The number of hydrogen-bond acceptors (Lipinski definition) is 7. The van der Waals surface area contributed by atoms with Crippen molar-refractivity contribution in [3.8, 4) is 11.3 Å². The Morgan fingerprint density at radius 1 is 1.26 bits per heavy atom. The highest BCUT2D eigenvalue weighted by atomic mass is 35.5. The van der Waals surface area contributed by atoms with Gasteiger partial charge in [-0.2, -0.15) is 0 Å². The number of carbonyl (C=O) groups is 2. The fourth-order valence-electron chi connectivity index (χ4n) is 4.53. The molecule has 34 heavy (non-hydrogen) atoms. The molecule has 2 aromatic heterocycles. The zero-order chi connectivity index (χ0) is 23.8. The maximum Gasteiger partial charge on any atom is 0.326 e. The molecule has 3 aromatic rings. The highest BCUT2D eigenvalue weighted by Gasteiger charge is 2.30. The van der Waals surface area contributed by atoms with Crippen molar-refractivity contribution in [2.45, 2.75) is 32.4 Å². The highest BCUT2D eigenvalue weighted by molar-refractivity contribution is 7.19. The molecule has 2 fully saturated rings. The molecule has 1 N–H and O–H groups in total. The first-order valence-electron chi connectivity index (χ1n) is 11.3. The molecule has 1 unspecified atom stereocenters. The molecule has 178 valence electrons. The Hall–Kier alpha value is -2.59. The number of halogens is 1. The molecule has 0 radical (unpaired) electrons. The molecule has 0 spiro atoms. The minimum absolute atomic E-state index is 0.0803. The van der Waals surface area contributed by atoms with Crippen molar-refractivity contribution in [1.82, 2.24) is 25.1 Å². The van der Waals surface area contributed by atoms with Crippen molar-refractivity contribution in [3.63, 3.8) is 0 Å². The molecule has 2 aliphatic heterocycles. The number of morpholine rings is 1. The lowest BCUT2D eigenvalue weighted by Crippen LogP contribution is -2.49. The largest absolute Gasteiger partial charge is 0.375 e. The monoisotopic (exact) mass is 499 g/mol. The lowest BCUT2D eigenvalue weighted by molar-refractivity contribution is -0.131. The molecule has 1 atom stereocenters. The predicted octanol–water partition coefficient (Wildman–Crippen LogP) is 3.64. The van der Waals surface area contributed by atoms with Gasteiger partial charge < -0.3 is 15.0 Å². The molecule has 3 amide bonds. The number of aryl methyl sites for hydroxylation is 1. The third kappa shape index (κ3) is 4.53. The molecule has 5 rings (SSSR count). The van der Waals surface area contributed by atoms with Gasteiger partial charge in [-0.05, 0) is 36.2 Å². The van der Waals surface area contributed by atoms with Gasteiger partial charge in [0, 0.05) is 55.0 Å². The van der Waals surface area contributed by atoms with Crippen LogP contribution in [0.15, 0.2) is 24.5 Å². The van der Waals surface area contributed by atoms with Crippen molar-refractivity contribution in [2.24, 2.45) is 0 Å². The first-order valence-corrected chi connectivity index (χ1v) is 12.5. The molecule has 2 aliphatic rings. The van der Waals surface area contributed by atoms with Crippen molar-refractivity contribution in [2.75, 3.05) is 33.3 Å². The Labute approximate surface area is 206 Å². The van der Waals surface area contributed by atoms with E-state index in [0.717, 1.165) is 57.0 Å². The fraction of sp³-hybridized carbons (Fsp3) is 0.417. The molecular weight excluding hydrogens is 474 g/mol. The lowest BCUT2D eigenvalue weighted by Gasteiger charge is -2.31. The van der Waals surface area contributed by atoms with E-state index >= 15 is 0 Å². The van der Waals surface area contributed by atoms with Crippen molar-refractivity contribution in [3.05, 3.63) is 45.6 Å². The number of nitrogens with zero attached hydrogens (tertiary/aromatic N) is 4. The average Bonchev–Trinajstić information content (AvgIpc) is 3.24. The first-order chi connectivity index (χ1) is 16.4. The summed E-state index contributed by atoms with van der Waals surface area (Å²) in [6.07, 6.45) is 2.72. The summed E-state index contributed by atoms with van der Waals surface area (Å²) in [6.45, 7) is 5.10. The SMILES string of the molecule is Cc1cc(Cl)cc(-c2ncnc3cc(CN4C(=O)CCN(C)C4=O)sc23)c1CC1CNCCO1. The third-order valence-electron chi connectivity index (χ3n) is 6.32. The summed E-state index contributed by atoms with van der Waals surface area (Å²) in [5.74, 6) is -0.152. The number of thiophene rings is 1. The van der Waals surface area contributed by atoms with E-state index in [9.17, 15) is 9.59 Å². The number of fused-ring (bicyclic) bond motifs is 1. The van der Waals surface area contributed by atoms with Crippen LogP contribution in [-0.4, -0.2) is 71.1 Å². The Morgan fingerprint density at radius 3 is 2.91 bits per heavy atom. The van der Waals surface area contributed by atoms with Gasteiger partial charge in [0.1, 0.15) is 6.33 Å². The second-order valence-corrected chi connectivity index (χ2v) is 10.3. The summed E-state index contributed by atoms with van der Waals surface area (Å²) < 4.78 is 6.87. The number of rotatable bonds is 5. The normalized spacial score (nSPS) is 19.3. The summed E-state index contributed by atoms with van der Waals surface area (Å²) in [7, 11) is 1.71. The van der Waals surface area contributed by atoms with Gasteiger partial charge in [-0.15, -0.1) is 11.3 Å². The summed E-state index contributed by atoms with van der Waals surface area (Å²) in [4.78, 5) is 37.8. The van der Waals surface area contributed by atoms with Crippen LogP contribution >= 0.6 is 22.9 Å². The summed E-state index contributed by atoms with van der Waals surface area (Å²) >= 11 is 7.98. The van der Waals surface area contributed by atoms with Crippen molar-refractivity contribution < 1.29 is 14.3 Å². The van der Waals surface area contributed by atoms with Gasteiger partial charge in [-0.25, -0.2) is 14.8 Å². The number of carbonyl (C=O) groups excluding carboxylic acids is 2. The van der Waals surface area contributed by atoms with E-state index < -0.39 is 0 Å². The third-order valence-corrected chi connectivity index (χ3v) is 7.66. The van der Waals surface area contributed by atoms with Crippen LogP contribution in [0.5, 0.6) is 0 Å². The average molecular weight is 500 g/mol. The summed E-state index contributed by atoms with van der Waals surface area (Å²) in [5.41, 5.74) is 4.79. The smallest absolute Gasteiger partial charge is 0.326 e. The van der Waals surface area contributed by atoms with E-state index in [2.05, 4.69) is 22.2 Å². The standard InChI is InChI=1S/C24H26ClN5O3S/c1-14-7-15(25)8-19(18(14)9-16-11-26-4-6-33-16)22-23-20(27-13-28-22)10-17(34-23)12-30-21(31)3-5-29(2)24(30)32/h7-8,10,13,16,26H,3-6,9,11-12H2,1-2H3. The fourth-order valence-corrected chi connectivity index (χ4v) is 5.90. The molecular formula is C24H26ClN5O3S. The molecule has 8 nitrogen and oxygen atoms in total.